The molecule has 0 saturated heterocycles. The van der Waals surface area contributed by atoms with Crippen LogP contribution in [0.3, 0.4) is 0 Å². The summed E-state index contributed by atoms with van der Waals surface area (Å²) in [5.41, 5.74) is 1.33. The van der Waals surface area contributed by atoms with Crippen molar-refractivity contribution in [1.82, 2.24) is 0 Å². The lowest BCUT2D eigenvalue weighted by molar-refractivity contribution is 0.103. The molecule has 0 heterocycles. The molecule has 0 N–H and O–H groups in total. The third kappa shape index (κ3) is 3.18. The maximum atomic E-state index is 12.3. The molecule has 0 aromatic heterocycles. The maximum absolute atomic E-state index is 12.3. The molecule has 0 unspecified atom stereocenters. The minimum Gasteiger partial charge on any atom is -0.457 e. The highest BCUT2D eigenvalue weighted by molar-refractivity contribution is 6.08. The SMILES string of the molecule is O=C(c1ccccc1)c1ccc(Oc2c[c]ccc2)cc1. The highest BCUT2D eigenvalue weighted by Gasteiger charge is 2.08. The van der Waals surface area contributed by atoms with Gasteiger partial charge in [0.2, 0.25) is 0 Å². The molecular weight excluding hydrogens is 260 g/mol. The molecule has 0 saturated carbocycles. The maximum Gasteiger partial charge on any atom is 0.193 e. The average molecular weight is 273 g/mol. The zero-order valence-electron chi connectivity index (χ0n) is 11.3. The highest BCUT2D eigenvalue weighted by Crippen LogP contribution is 2.21. The van der Waals surface area contributed by atoms with Gasteiger partial charge in [-0.05, 0) is 42.5 Å². The summed E-state index contributed by atoms with van der Waals surface area (Å²) in [5, 5.41) is 0. The summed E-state index contributed by atoms with van der Waals surface area (Å²) in [6.07, 6.45) is 0. The second kappa shape index (κ2) is 6.06. The van der Waals surface area contributed by atoms with Gasteiger partial charge in [-0.2, -0.15) is 0 Å². The minimum absolute atomic E-state index is 0.00944. The van der Waals surface area contributed by atoms with Crippen LogP contribution in [0, 0.1) is 6.07 Å². The van der Waals surface area contributed by atoms with E-state index in [1.165, 1.54) is 0 Å². The van der Waals surface area contributed by atoms with Crippen LogP contribution in [-0.4, -0.2) is 5.78 Å². The van der Waals surface area contributed by atoms with E-state index in [2.05, 4.69) is 6.07 Å². The third-order valence-corrected chi connectivity index (χ3v) is 3.07. The van der Waals surface area contributed by atoms with Crippen LogP contribution >= 0.6 is 0 Å². The van der Waals surface area contributed by atoms with Gasteiger partial charge in [0.25, 0.3) is 0 Å². The number of ether oxygens (including phenoxy) is 1. The van der Waals surface area contributed by atoms with Crippen LogP contribution in [-0.2, 0) is 0 Å². The molecule has 0 amide bonds. The topological polar surface area (TPSA) is 26.3 Å². The Morgan fingerprint density at radius 3 is 2.14 bits per heavy atom. The summed E-state index contributed by atoms with van der Waals surface area (Å²) in [6.45, 7) is 0. The fourth-order valence-electron chi connectivity index (χ4n) is 2.01. The molecule has 3 aromatic carbocycles. The number of carbonyl (C=O) groups is 1. The van der Waals surface area contributed by atoms with E-state index in [-0.39, 0.29) is 5.78 Å². The highest BCUT2D eigenvalue weighted by atomic mass is 16.5. The largest absolute Gasteiger partial charge is 0.457 e. The number of benzene rings is 3. The van der Waals surface area contributed by atoms with E-state index in [1.54, 1.807) is 30.3 Å². The van der Waals surface area contributed by atoms with Gasteiger partial charge in [0.15, 0.2) is 5.78 Å². The summed E-state index contributed by atoms with van der Waals surface area (Å²) in [7, 11) is 0. The Hall–Kier alpha value is -2.87. The predicted octanol–water partition coefficient (Wildman–Crippen LogP) is 4.51. The average Bonchev–Trinajstić information content (AvgIpc) is 2.57. The zero-order chi connectivity index (χ0) is 14.5. The molecule has 0 spiro atoms. The lowest BCUT2D eigenvalue weighted by Gasteiger charge is -2.06. The van der Waals surface area contributed by atoms with Crippen LogP contribution in [0.4, 0.5) is 0 Å². The number of ketones is 1. The Morgan fingerprint density at radius 1 is 0.762 bits per heavy atom. The van der Waals surface area contributed by atoms with Crippen LogP contribution < -0.4 is 4.74 Å². The van der Waals surface area contributed by atoms with Crippen molar-refractivity contribution in [2.24, 2.45) is 0 Å². The minimum atomic E-state index is 0.00944. The molecule has 2 heteroatoms. The van der Waals surface area contributed by atoms with Gasteiger partial charge >= 0.3 is 0 Å². The van der Waals surface area contributed by atoms with Crippen molar-refractivity contribution in [2.45, 2.75) is 0 Å². The van der Waals surface area contributed by atoms with Gasteiger partial charge in [-0.25, -0.2) is 0 Å². The smallest absolute Gasteiger partial charge is 0.193 e. The van der Waals surface area contributed by atoms with E-state index in [4.69, 9.17) is 4.74 Å². The van der Waals surface area contributed by atoms with E-state index in [0.29, 0.717) is 16.9 Å². The molecule has 0 fully saturated rings. The van der Waals surface area contributed by atoms with E-state index < -0.39 is 0 Å². The lowest BCUT2D eigenvalue weighted by Crippen LogP contribution is -2.00. The Balaban J connectivity index is 1.77. The van der Waals surface area contributed by atoms with Crippen molar-refractivity contribution in [3.05, 3.63) is 96.1 Å². The predicted molar refractivity (Wildman–Crippen MR) is 81.7 cm³/mol. The number of rotatable bonds is 4. The number of carbonyl (C=O) groups excluding carboxylic acids is 1. The van der Waals surface area contributed by atoms with Crippen molar-refractivity contribution < 1.29 is 9.53 Å². The lowest BCUT2D eigenvalue weighted by atomic mass is 10.0. The van der Waals surface area contributed by atoms with E-state index in [0.717, 1.165) is 5.75 Å². The van der Waals surface area contributed by atoms with Crippen LogP contribution in [0.1, 0.15) is 15.9 Å². The normalized spacial score (nSPS) is 10.1. The van der Waals surface area contributed by atoms with Gasteiger partial charge in [0.05, 0.1) is 0 Å². The monoisotopic (exact) mass is 273 g/mol. The second-order valence-corrected chi connectivity index (χ2v) is 4.56. The molecule has 3 rings (SSSR count). The number of hydrogen-bond donors (Lipinski definition) is 0. The first kappa shape index (κ1) is 13.1. The standard InChI is InChI=1S/C19H13O2/c20-19(15-7-3-1-4-8-15)16-11-13-18(14-12-16)21-17-9-5-2-6-10-17/h1-5,7-14H. The molecule has 2 nitrogen and oxygen atoms in total. The molecule has 101 valence electrons. The zero-order valence-corrected chi connectivity index (χ0v) is 11.3. The van der Waals surface area contributed by atoms with Crippen molar-refractivity contribution in [3.8, 4) is 11.5 Å². The summed E-state index contributed by atoms with van der Waals surface area (Å²) in [6, 6.07) is 26.6. The Bertz CT molecular complexity index is 717. The van der Waals surface area contributed by atoms with Crippen molar-refractivity contribution in [3.63, 3.8) is 0 Å². The first-order valence-corrected chi connectivity index (χ1v) is 6.67. The van der Waals surface area contributed by atoms with Crippen molar-refractivity contribution in [2.75, 3.05) is 0 Å². The van der Waals surface area contributed by atoms with Crippen LogP contribution in [0.2, 0.25) is 0 Å². The third-order valence-electron chi connectivity index (χ3n) is 3.07. The summed E-state index contributed by atoms with van der Waals surface area (Å²) >= 11 is 0. The molecule has 0 bridgehead atoms. The molecule has 0 aliphatic carbocycles. The van der Waals surface area contributed by atoms with Crippen molar-refractivity contribution >= 4 is 5.78 Å². The van der Waals surface area contributed by atoms with Crippen LogP contribution in [0.25, 0.3) is 0 Å². The van der Waals surface area contributed by atoms with E-state index >= 15 is 0 Å². The fourth-order valence-corrected chi connectivity index (χ4v) is 2.01. The Morgan fingerprint density at radius 2 is 1.48 bits per heavy atom. The van der Waals surface area contributed by atoms with Crippen LogP contribution in [0.5, 0.6) is 11.5 Å². The molecule has 0 atom stereocenters. The summed E-state index contributed by atoms with van der Waals surface area (Å²) < 4.78 is 5.68. The van der Waals surface area contributed by atoms with Gasteiger partial charge in [0.1, 0.15) is 11.5 Å². The molecular formula is C19H13O2. The van der Waals surface area contributed by atoms with Gasteiger partial charge in [-0.3, -0.25) is 4.79 Å². The summed E-state index contributed by atoms with van der Waals surface area (Å²) in [4.78, 5) is 12.3. The van der Waals surface area contributed by atoms with E-state index in [9.17, 15) is 4.79 Å². The molecule has 21 heavy (non-hydrogen) atoms. The Labute approximate surface area is 123 Å². The molecule has 0 aliphatic rings. The second-order valence-electron chi connectivity index (χ2n) is 4.56. The summed E-state index contributed by atoms with van der Waals surface area (Å²) in [5.74, 6) is 1.43. The fraction of sp³-hybridized carbons (Fsp3) is 0. The quantitative estimate of drug-likeness (QED) is 0.654. The number of hydrogen-bond acceptors (Lipinski definition) is 2. The van der Waals surface area contributed by atoms with Gasteiger partial charge in [-0.15, -0.1) is 0 Å². The molecule has 0 aliphatic heterocycles. The first-order valence-electron chi connectivity index (χ1n) is 6.67. The van der Waals surface area contributed by atoms with Crippen molar-refractivity contribution in [1.29, 1.82) is 0 Å². The van der Waals surface area contributed by atoms with Gasteiger partial charge in [-0.1, -0.05) is 42.5 Å². The van der Waals surface area contributed by atoms with Crippen LogP contribution in [0.15, 0.2) is 78.9 Å². The van der Waals surface area contributed by atoms with E-state index in [1.807, 2.05) is 48.5 Å². The molecule has 1 radical (unpaired) electrons. The molecule has 3 aromatic rings. The Kier molecular flexibility index (Phi) is 3.79. The van der Waals surface area contributed by atoms with Gasteiger partial charge < -0.3 is 4.74 Å². The van der Waals surface area contributed by atoms with Gasteiger partial charge in [0, 0.05) is 11.1 Å². The first-order chi connectivity index (χ1) is 10.3.